The fourth-order valence-corrected chi connectivity index (χ4v) is 4.95. The van der Waals surface area contributed by atoms with Gasteiger partial charge in [-0.05, 0) is 36.8 Å². The number of nitrogens with zero attached hydrogens (tertiary/aromatic N) is 3. The van der Waals surface area contributed by atoms with Crippen molar-refractivity contribution in [2.75, 3.05) is 4.90 Å². The van der Waals surface area contributed by atoms with E-state index in [4.69, 9.17) is 0 Å². The molecule has 3 aromatic carbocycles. The third-order valence-corrected chi connectivity index (χ3v) is 6.71. The number of aryl methyl sites for hydroxylation is 1. The van der Waals surface area contributed by atoms with Gasteiger partial charge in [-0.1, -0.05) is 53.3 Å². The Kier molecular flexibility index (Phi) is 5.18. The quantitative estimate of drug-likeness (QED) is 0.145. The van der Waals surface area contributed by atoms with Gasteiger partial charge >= 0.3 is 5.91 Å². The van der Waals surface area contributed by atoms with Crippen molar-refractivity contribution in [3.63, 3.8) is 0 Å². The molecule has 4 aromatic rings. The minimum Gasteiger partial charge on any atom is -0.507 e. The Morgan fingerprint density at radius 3 is 2.35 bits per heavy atom. The molecule has 1 aromatic heterocycles. The minimum absolute atomic E-state index is 0.0954. The predicted molar refractivity (Wildman–Crippen MR) is 129 cm³/mol. The van der Waals surface area contributed by atoms with Crippen LogP contribution >= 0.6 is 11.3 Å². The van der Waals surface area contributed by atoms with Crippen LogP contribution in [0.2, 0.25) is 0 Å². The van der Waals surface area contributed by atoms with E-state index >= 15 is 0 Å². The molecule has 2 heterocycles. The van der Waals surface area contributed by atoms with Gasteiger partial charge in [0.05, 0.1) is 26.8 Å². The van der Waals surface area contributed by atoms with E-state index in [1.165, 1.54) is 40.5 Å². The van der Waals surface area contributed by atoms with Crippen LogP contribution < -0.4 is 4.90 Å². The number of nitro benzene ring substituents is 1. The number of Topliss-reactive ketones (excluding diaryl/α,β-unsaturated/α-hetero) is 1. The van der Waals surface area contributed by atoms with Crippen LogP contribution in [-0.2, 0) is 9.59 Å². The smallest absolute Gasteiger partial charge is 0.301 e. The Morgan fingerprint density at radius 2 is 1.71 bits per heavy atom. The number of thiazole rings is 1. The molecule has 1 N–H and O–H groups in total. The van der Waals surface area contributed by atoms with E-state index in [0.29, 0.717) is 21.8 Å². The number of hydrogen-bond acceptors (Lipinski definition) is 7. The highest BCUT2D eigenvalue weighted by Gasteiger charge is 2.48. The first-order valence-corrected chi connectivity index (χ1v) is 11.1. The van der Waals surface area contributed by atoms with Gasteiger partial charge in [0, 0.05) is 17.7 Å². The molecule has 168 valence electrons. The van der Waals surface area contributed by atoms with Crippen molar-refractivity contribution in [2.24, 2.45) is 0 Å². The molecule has 5 rings (SSSR count). The van der Waals surface area contributed by atoms with Crippen LogP contribution in [0, 0.1) is 17.0 Å². The molecule has 1 amide bonds. The molecule has 34 heavy (non-hydrogen) atoms. The number of anilines is 1. The molecule has 1 atom stereocenters. The molecule has 1 aliphatic heterocycles. The molecule has 1 aliphatic rings. The lowest BCUT2D eigenvalue weighted by Crippen LogP contribution is -2.29. The van der Waals surface area contributed by atoms with Gasteiger partial charge in [-0.3, -0.25) is 24.6 Å². The molecule has 1 saturated heterocycles. The lowest BCUT2D eigenvalue weighted by molar-refractivity contribution is -0.384. The van der Waals surface area contributed by atoms with E-state index in [1.54, 1.807) is 30.3 Å². The molecular weight excluding hydrogens is 454 g/mol. The number of fused-ring (bicyclic) bond motifs is 1. The first-order chi connectivity index (χ1) is 16.3. The Hall–Kier alpha value is -4.37. The minimum atomic E-state index is -0.998. The highest BCUT2D eigenvalue weighted by atomic mass is 32.1. The number of aromatic nitrogens is 1. The Morgan fingerprint density at radius 1 is 1.03 bits per heavy atom. The summed E-state index contributed by atoms with van der Waals surface area (Å²) in [6.07, 6.45) is 0. The van der Waals surface area contributed by atoms with Gasteiger partial charge in [0.1, 0.15) is 5.76 Å². The molecule has 0 unspecified atom stereocenters. The fourth-order valence-electron chi connectivity index (χ4n) is 3.95. The third kappa shape index (κ3) is 3.52. The molecule has 0 aliphatic carbocycles. The van der Waals surface area contributed by atoms with Gasteiger partial charge < -0.3 is 5.11 Å². The Bertz CT molecular complexity index is 1460. The fraction of sp³-hybridized carbons (Fsp3) is 0.0800. The second-order valence-corrected chi connectivity index (χ2v) is 8.86. The largest absolute Gasteiger partial charge is 0.507 e. The summed E-state index contributed by atoms with van der Waals surface area (Å²) in [6.45, 7) is 1.90. The number of amides is 1. The molecule has 8 nitrogen and oxygen atoms in total. The number of para-hydroxylation sites is 1. The number of hydrogen-bond donors (Lipinski definition) is 1. The van der Waals surface area contributed by atoms with E-state index in [1.807, 2.05) is 25.1 Å². The van der Waals surface area contributed by atoms with Gasteiger partial charge in [-0.2, -0.15) is 0 Å². The first-order valence-electron chi connectivity index (χ1n) is 10.3. The predicted octanol–water partition coefficient (Wildman–Crippen LogP) is 5.14. The number of ketones is 1. The zero-order chi connectivity index (χ0) is 24.0. The van der Waals surface area contributed by atoms with E-state index in [0.717, 1.165) is 10.3 Å². The molecular formula is C25H17N3O5S. The van der Waals surface area contributed by atoms with Crippen molar-refractivity contribution in [2.45, 2.75) is 13.0 Å². The zero-order valence-electron chi connectivity index (χ0n) is 17.8. The molecule has 1 fully saturated rings. The zero-order valence-corrected chi connectivity index (χ0v) is 18.7. The van der Waals surface area contributed by atoms with E-state index in [-0.39, 0.29) is 17.0 Å². The van der Waals surface area contributed by atoms with Crippen LogP contribution in [0.15, 0.2) is 78.4 Å². The van der Waals surface area contributed by atoms with Crippen molar-refractivity contribution < 1.29 is 19.6 Å². The maximum Gasteiger partial charge on any atom is 0.301 e. The van der Waals surface area contributed by atoms with Gasteiger partial charge in [-0.25, -0.2) is 4.98 Å². The third-order valence-electron chi connectivity index (χ3n) is 5.68. The van der Waals surface area contributed by atoms with Crippen LogP contribution in [0.25, 0.3) is 16.0 Å². The number of aliphatic hydroxyl groups excluding tert-OH is 1. The van der Waals surface area contributed by atoms with Gasteiger partial charge in [0.25, 0.3) is 11.5 Å². The second kappa shape index (κ2) is 8.20. The highest BCUT2D eigenvalue weighted by Crippen LogP contribution is 2.44. The van der Waals surface area contributed by atoms with Gasteiger partial charge in [0.15, 0.2) is 5.13 Å². The summed E-state index contributed by atoms with van der Waals surface area (Å²) in [5.41, 5.74) is 2.25. The average Bonchev–Trinajstić information content (AvgIpc) is 3.37. The number of rotatable bonds is 4. The number of benzene rings is 3. The molecule has 0 radical (unpaired) electrons. The van der Waals surface area contributed by atoms with Gasteiger partial charge in [-0.15, -0.1) is 0 Å². The monoisotopic (exact) mass is 471 g/mol. The number of aliphatic hydroxyl groups is 1. The molecule has 0 saturated carbocycles. The van der Waals surface area contributed by atoms with Crippen LogP contribution in [0.4, 0.5) is 10.8 Å². The lowest BCUT2D eigenvalue weighted by Gasteiger charge is -2.22. The average molecular weight is 471 g/mol. The summed E-state index contributed by atoms with van der Waals surface area (Å²) in [4.78, 5) is 42.8. The number of nitro groups is 1. The summed E-state index contributed by atoms with van der Waals surface area (Å²) < 4.78 is 0.834. The summed E-state index contributed by atoms with van der Waals surface area (Å²) in [5, 5.41) is 22.6. The molecule has 0 bridgehead atoms. The number of carbonyl (C=O) groups excluding carboxylic acids is 2. The van der Waals surface area contributed by atoms with E-state index < -0.39 is 22.7 Å². The van der Waals surface area contributed by atoms with Crippen molar-refractivity contribution in [1.82, 2.24) is 4.98 Å². The number of carbonyl (C=O) groups is 2. The topological polar surface area (TPSA) is 114 Å². The van der Waals surface area contributed by atoms with Crippen LogP contribution in [-0.4, -0.2) is 26.7 Å². The number of non-ortho nitro benzene ring substituents is 1. The van der Waals surface area contributed by atoms with Crippen LogP contribution in [0.3, 0.4) is 0 Å². The Balaban J connectivity index is 1.72. The van der Waals surface area contributed by atoms with Crippen LogP contribution in [0.1, 0.15) is 22.7 Å². The summed E-state index contributed by atoms with van der Waals surface area (Å²) >= 11 is 1.25. The van der Waals surface area contributed by atoms with E-state index in [9.17, 15) is 24.8 Å². The van der Waals surface area contributed by atoms with Crippen molar-refractivity contribution in [3.05, 3.63) is 105 Å². The maximum atomic E-state index is 13.2. The van der Waals surface area contributed by atoms with Crippen molar-refractivity contribution in [1.29, 1.82) is 0 Å². The molecule has 9 heteroatoms. The molecule has 0 spiro atoms. The standard InChI is InChI=1S/C25H17N3O5S/c1-14-6-8-16(9-7-14)22(29)20-21(15-10-12-17(13-11-15)28(32)33)27(24(31)23(20)30)25-26-18-4-2-3-5-19(18)34-25/h2-13,21,29H,1H3/b22-20-/t21-/m1/s1. The van der Waals surface area contributed by atoms with Crippen molar-refractivity contribution in [3.8, 4) is 0 Å². The Labute approximate surface area is 197 Å². The lowest BCUT2D eigenvalue weighted by atomic mass is 9.95. The van der Waals surface area contributed by atoms with Crippen LogP contribution in [0.5, 0.6) is 0 Å². The van der Waals surface area contributed by atoms with Gasteiger partial charge in [0.2, 0.25) is 0 Å². The second-order valence-electron chi connectivity index (χ2n) is 7.85. The highest BCUT2D eigenvalue weighted by molar-refractivity contribution is 7.22. The van der Waals surface area contributed by atoms with Crippen molar-refractivity contribution >= 4 is 49.8 Å². The first kappa shape index (κ1) is 21.5. The normalized spacial score (nSPS) is 17.4. The maximum absolute atomic E-state index is 13.2. The summed E-state index contributed by atoms with van der Waals surface area (Å²) in [5.74, 6) is -1.98. The SMILES string of the molecule is Cc1ccc(/C(O)=C2/C(=O)C(=O)N(c3nc4ccccc4s3)[C@@H]2c2ccc([N+](=O)[O-])cc2)cc1. The van der Waals surface area contributed by atoms with E-state index in [2.05, 4.69) is 4.98 Å². The summed E-state index contributed by atoms with van der Waals surface area (Å²) in [6, 6.07) is 18.8. The summed E-state index contributed by atoms with van der Waals surface area (Å²) in [7, 11) is 0.